The summed E-state index contributed by atoms with van der Waals surface area (Å²) in [5.74, 6) is 1.63. The van der Waals surface area contributed by atoms with E-state index >= 15 is 0 Å². The Balaban J connectivity index is 1.29. The zero-order valence-electron chi connectivity index (χ0n) is 26.0. The molecule has 0 radical (unpaired) electrons. The van der Waals surface area contributed by atoms with E-state index in [4.69, 9.17) is 28.4 Å². The number of carbonyl (C=O) groups excluding carboxylic acids is 1. The third-order valence-electron chi connectivity index (χ3n) is 8.59. The number of nitrogens with zero attached hydrogens (tertiary/aromatic N) is 2. The van der Waals surface area contributed by atoms with Gasteiger partial charge in [0.05, 0.1) is 63.5 Å². The molecule has 2 aromatic carbocycles. The van der Waals surface area contributed by atoms with Crippen LogP contribution in [0.5, 0.6) is 11.5 Å². The number of carbonyl (C=O) groups is 1. The van der Waals surface area contributed by atoms with Gasteiger partial charge in [0.2, 0.25) is 5.91 Å². The van der Waals surface area contributed by atoms with Gasteiger partial charge in [-0.15, -0.1) is 0 Å². The van der Waals surface area contributed by atoms with Gasteiger partial charge in [-0.05, 0) is 55.7 Å². The fourth-order valence-corrected chi connectivity index (χ4v) is 6.43. The predicted molar refractivity (Wildman–Crippen MR) is 164 cm³/mol. The zero-order chi connectivity index (χ0) is 30.2. The predicted octanol–water partition coefficient (Wildman–Crippen LogP) is 3.22. The van der Waals surface area contributed by atoms with E-state index < -0.39 is 0 Å². The van der Waals surface area contributed by atoms with Gasteiger partial charge < -0.3 is 43.5 Å². The third kappa shape index (κ3) is 7.80. The fraction of sp³-hybridized carbons (Fsp3) is 0.606. The number of nitrogens with one attached hydrogen (secondary N) is 1. The van der Waals surface area contributed by atoms with Crippen molar-refractivity contribution in [1.82, 2.24) is 10.2 Å². The maximum Gasteiger partial charge on any atom is 0.249 e. The summed E-state index contributed by atoms with van der Waals surface area (Å²) in [6.07, 6.45) is 0.561. The molecule has 0 aromatic heterocycles. The minimum absolute atomic E-state index is 0.00819. The molecular weight excluding hydrogens is 550 g/mol. The first-order chi connectivity index (χ1) is 21.0. The summed E-state index contributed by atoms with van der Waals surface area (Å²) in [5.41, 5.74) is 3.28. The lowest BCUT2D eigenvalue weighted by Gasteiger charge is -2.41. The molecule has 43 heavy (non-hydrogen) atoms. The first-order valence-corrected chi connectivity index (χ1v) is 15.4. The molecule has 2 saturated heterocycles. The lowest BCUT2D eigenvalue weighted by atomic mass is 9.85. The molecule has 236 valence electrons. The summed E-state index contributed by atoms with van der Waals surface area (Å²) in [5, 5.41) is 3.49. The highest BCUT2D eigenvalue weighted by Crippen LogP contribution is 2.35. The number of amides is 1. The van der Waals surface area contributed by atoms with E-state index in [1.54, 1.807) is 14.2 Å². The minimum atomic E-state index is -0.240. The van der Waals surface area contributed by atoms with Crippen LogP contribution in [0.25, 0.3) is 0 Å². The van der Waals surface area contributed by atoms with Crippen molar-refractivity contribution >= 4 is 11.6 Å². The summed E-state index contributed by atoms with van der Waals surface area (Å²) >= 11 is 0. The molecule has 1 N–H and O–H groups in total. The smallest absolute Gasteiger partial charge is 0.249 e. The van der Waals surface area contributed by atoms with Crippen LogP contribution in [0.1, 0.15) is 37.3 Å². The van der Waals surface area contributed by atoms with Crippen molar-refractivity contribution in [3.05, 3.63) is 53.6 Å². The molecule has 3 heterocycles. The molecule has 1 amide bonds. The van der Waals surface area contributed by atoms with Crippen LogP contribution in [0, 0.1) is 0 Å². The molecule has 3 aliphatic heterocycles. The number of morpholine rings is 1. The highest BCUT2D eigenvalue weighted by Gasteiger charge is 2.38. The lowest BCUT2D eigenvalue weighted by Crippen LogP contribution is -2.55. The number of fused-ring (bicyclic) bond motifs is 1. The van der Waals surface area contributed by atoms with E-state index in [9.17, 15) is 4.79 Å². The van der Waals surface area contributed by atoms with Crippen LogP contribution < -0.4 is 19.7 Å². The van der Waals surface area contributed by atoms with Crippen LogP contribution >= 0.6 is 0 Å². The number of anilines is 1. The first-order valence-electron chi connectivity index (χ1n) is 15.4. The second-order valence-corrected chi connectivity index (χ2v) is 11.7. The van der Waals surface area contributed by atoms with Crippen molar-refractivity contribution in [3.63, 3.8) is 0 Å². The molecule has 2 aromatic rings. The van der Waals surface area contributed by atoms with Gasteiger partial charge in [0.25, 0.3) is 0 Å². The molecule has 5 rings (SSSR count). The van der Waals surface area contributed by atoms with Crippen LogP contribution in [0.4, 0.5) is 5.69 Å². The Morgan fingerprint density at radius 2 is 1.74 bits per heavy atom. The highest BCUT2D eigenvalue weighted by molar-refractivity contribution is 5.78. The van der Waals surface area contributed by atoms with Gasteiger partial charge in [-0.2, -0.15) is 0 Å². The standard InChI is InChI=1S/C33H47N3O7/c1-23-19-40-20-24(2)36(23)32(37)22-43-31-18-34-17-30(33(31)26-7-9-27(39-4)10-8-26)42-21-25-6-11-29-28(16-25)35(13-15-41-29)12-5-14-38-3/h6-11,16,23-24,30-31,33-34H,5,12-15,17-22H2,1-4H3/t23-,24?,30+,31-,33-/m1/s1. The Labute approximate surface area is 255 Å². The number of benzene rings is 2. The quantitative estimate of drug-likeness (QED) is 0.371. The van der Waals surface area contributed by atoms with Crippen LogP contribution in [-0.4, -0.2) is 109 Å². The van der Waals surface area contributed by atoms with E-state index in [1.165, 1.54) is 0 Å². The average molecular weight is 598 g/mol. The molecule has 10 heteroatoms. The number of ether oxygens (including phenoxy) is 6. The van der Waals surface area contributed by atoms with E-state index in [1.807, 2.05) is 36.9 Å². The van der Waals surface area contributed by atoms with Crippen molar-refractivity contribution < 1.29 is 33.2 Å². The van der Waals surface area contributed by atoms with E-state index in [0.717, 1.165) is 54.4 Å². The molecule has 1 unspecified atom stereocenters. The van der Waals surface area contributed by atoms with Gasteiger partial charge in [0.15, 0.2) is 0 Å². The topological polar surface area (TPSA) is 91.0 Å². The highest BCUT2D eigenvalue weighted by atomic mass is 16.5. The number of hydrogen-bond donors (Lipinski definition) is 1. The largest absolute Gasteiger partial charge is 0.497 e. The Morgan fingerprint density at radius 1 is 1.00 bits per heavy atom. The van der Waals surface area contributed by atoms with Gasteiger partial charge >= 0.3 is 0 Å². The summed E-state index contributed by atoms with van der Waals surface area (Å²) in [7, 11) is 3.40. The van der Waals surface area contributed by atoms with Crippen LogP contribution in [-0.2, 0) is 30.3 Å². The second kappa shape index (κ2) is 15.2. The first kappa shape index (κ1) is 31.5. The average Bonchev–Trinajstić information content (AvgIpc) is 3.03. The SMILES string of the molecule is COCCCN1CCOc2ccc(CO[C@H]3CNC[C@@H](OCC(=O)N4C(C)COC[C@H]4C)[C@@H]3c3ccc(OC)cc3)cc21. The van der Waals surface area contributed by atoms with Crippen LogP contribution in [0.15, 0.2) is 42.5 Å². The molecule has 0 bridgehead atoms. The Kier molecular flexibility index (Phi) is 11.2. The zero-order valence-corrected chi connectivity index (χ0v) is 26.0. The van der Waals surface area contributed by atoms with E-state index in [2.05, 4.69) is 34.5 Å². The van der Waals surface area contributed by atoms with Gasteiger partial charge in [-0.3, -0.25) is 4.79 Å². The molecule has 0 saturated carbocycles. The summed E-state index contributed by atoms with van der Waals surface area (Å²) in [6, 6.07) is 14.4. The summed E-state index contributed by atoms with van der Waals surface area (Å²) in [6.45, 7) is 10.1. The molecule has 5 atom stereocenters. The fourth-order valence-electron chi connectivity index (χ4n) is 6.43. The summed E-state index contributed by atoms with van der Waals surface area (Å²) < 4.78 is 35.3. The maximum atomic E-state index is 13.3. The number of piperidine rings is 1. The second-order valence-electron chi connectivity index (χ2n) is 11.7. The molecular formula is C33H47N3O7. The number of methoxy groups -OCH3 is 2. The van der Waals surface area contributed by atoms with Crippen LogP contribution in [0.2, 0.25) is 0 Å². The molecule has 0 aliphatic carbocycles. The van der Waals surface area contributed by atoms with Crippen molar-refractivity contribution in [1.29, 1.82) is 0 Å². The van der Waals surface area contributed by atoms with Gasteiger partial charge in [-0.1, -0.05) is 18.2 Å². The van der Waals surface area contributed by atoms with Crippen molar-refractivity contribution in [2.45, 2.75) is 57.1 Å². The van der Waals surface area contributed by atoms with Crippen molar-refractivity contribution in [2.75, 3.05) is 78.3 Å². The molecule has 0 spiro atoms. The third-order valence-corrected chi connectivity index (χ3v) is 8.59. The maximum absolute atomic E-state index is 13.3. The molecule has 2 fully saturated rings. The Hall–Kier alpha value is -2.89. The lowest BCUT2D eigenvalue weighted by molar-refractivity contribution is -0.153. The molecule has 3 aliphatic rings. The van der Waals surface area contributed by atoms with E-state index in [-0.39, 0.29) is 42.7 Å². The Bertz CT molecular complexity index is 1170. The minimum Gasteiger partial charge on any atom is -0.497 e. The van der Waals surface area contributed by atoms with Gasteiger partial charge in [-0.25, -0.2) is 0 Å². The van der Waals surface area contributed by atoms with Gasteiger partial charge in [0, 0.05) is 39.3 Å². The normalized spacial score (nSPS) is 25.6. The van der Waals surface area contributed by atoms with E-state index in [0.29, 0.717) is 39.5 Å². The van der Waals surface area contributed by atoms with Crippen LogP contribution in [0.3, 0.4) is 0 Å². The summed E-state index contributed by atoms with van der Waals surface area (Å²) in [4.78, 5) is 17.5. The van der Waals surface area contributed by atoms with Gasteiger partial charge in [0.1, 0.15) is 24.7 Å². The van der Waals surface area contributed by atoms with Crippen molar-refractivity contribution in [3.8, 4) is 11.5 Å². The number of hydrogen-bond acceptors (Lipinski definition) is 9. The molecule has 10 nitrogen and oxygen atoms in total. The monoisotopic (exact) mass is 597 g/mol. The Morgan fingerprint density at radius 3 is 2.47 bits per heavy atom. The van der Waals surface area contributed by atoms with Crippen molar-refractivity contribution in [2.24, 2.45) is 0 Å². The number of rotatable bonds is 12.